The largest absolute Gasteiger partial charge is 0.468 e. The van der Waals surface area contributed by atoms with E-state index < -0.39 is 0 Å². The number of esters is 1. The Balaban J connectivity index is 1.94. The summed E-state index contributed by atoms with van der Waals surface area (Å²) in [5, 5.41) is 3.26. The SMILES string of the molecule is COC(=O)[C@H](Cc1cnc[nH]1)NC1CC1. The van der Waals surface area contributed by atoms with E-state index in [1.54, 1.807) is 12.5 Å². The number of nitrogens with one attached hydrogen (secondary N) is 2. The average Bonchev–Trinajstić information content (AvgIpc) is 2.91. The predicted molar refractivity (Wildman–Crippen MR) is 54.3 cm³/mol. The number of nitrogens with zero attached hydrogens (tertiary/aromatic N) is 1. The molecule has 5 nitrogen and oxygen atoms in total. The first-order chi connectivity index (χ1) is 7.29. The van der Waals surface area contributed by atoms with Crippen LogP contribution in [0.2, 0.25) is 0 Å². The van der Waals surface area contributed by atoms with E-state index in [1.165, 1.54) is 7.11 Å². The summed E-state index contributed by atoms with van der Waals surface area (Å²) in [6, 6.07) is 0.222. The van der Waals surface area contributed by atoms with Crippen LogP contribution in [-0.4, -0.2) is 35.1 Å². The molecule has 0 saturated heterocycles. The minimum atomic E-state index is -0.261. The highest BCUT2D eigenvalue weighted by Gasteiger charge is 2.29. The molecule has 2 N–H and O–H groups in total. The molecule has 1 saturated carbocycles. The van der Waals surface area contributed by atoms with Crippen molar-refractivity contribution in [3.63, 3.8) is 0 Å². The molecule has 1 fully saturated rings. The van der Waals surface area contributed by atoms with Gasteiger partial charge in [0.25, 0.3) is 0 Å². The molecule has 0 bridgehead atoms. The van der Waals surface area contributed by atoms with Crippen molar-refractivity contribution in [2.75, 3.05) is 7.11 Å². The molecule has 0 spiro atoms. The Kier molecular flexibility index (Phi) is 3.01. The summed E-state index contributed by atoms with van der Waals surface area (Å²) >= 11 is 0. The van der Waals surface area contributed by atoms with Crippen molar-refractivity contribution in [3.05, 3.63) is 18.2 Å². The van der Waals surface area contributed by atoms with Crippen LogP contribution in [-0.2, 0) is 16.0 Å². The van der Waals surface area contributed by atoms with Gasteiger partial charge in [-0.05, 0) is 12.8 Å². The average molecular weight is 209 g/mol. The van der Waals surface area contributed by atoms with Crippen LogP contribution in [0.4, 0.5) is 0 Å². The molecule has 1 heterocycles. The Morgan fingerprint density at radius 2 is 2.60 bits per heavy atom. The summed E-state index contributed by atoms with van der Waals surface area (Å²) in [4.78, 5) is 18.4. The van der Waals surface area contributed by atoms with Gasteiger partial charge < -0.3 is 15.0 Å². The fourth-order valence-corrected chi connectivity index (χ4v) is 1.50. The quantitative estimate of drug-likeness (QED) is 0.682. The van der Waals surface area contributed by atoms with Crippen molar-refractivity contribution in [2.45, 2.75) is 31.3 Å². The third kappa shape index (κ3) is 2.79. The number of hydrogen-bond acceptors (Lipinski definition) is 4. The molecule has 0 amide bonds. The number of aromatic nitrogens is 2. The summed E-state index contributed by atoms with van der Waals surface area (Å²) in [5.74, 6) is -0.212. The van der Waals surface area contributed by atoms with E-state index in [9.17, 15) is 4.79 Å². The van der Waals surface area contributed by atoms with E-state index in [0.717, 1.165) is 18.5 Å². The van der Waals surface area contributed by atoms with Gasteiger partial charge in [-0.25, -0.2) is 4.98 Å². The first-order valence-corrected chi connectivity index (χ1v) is 5.10. The zero-order chi connectivity index (χ0) is 10.7. The van der Waals surface area contributed by atoms with Crippen molar-refractivity contribution in [2.24, 2.45) is 0 Å². The molecule has 0 aliphatic heterocycles. The van der Waals surface area contributed by atoms with Crippen LogP contribution in [0, 0.1) is 0 Å². The fourth-order valence-electron chi connectivity index (χ4n) is 1.50. The number of aromatic amines is 1. The highest BCUT2D eigenvalue weighted by molar-refractivity contribution is 5.76. The number of H-pyrrole nitrogens is 1. The maximum Gasteiger partial charge on any atom is 0.323 e. The molecule has 15 heavy (non-hydrogen) atoms. The molecule has 1 aliphatic carbocycles. The lowest BCUT2D eigenvalue weighted by Crippen LogP contribution is -2.40. The van der Waals surface area contributed by atoms with Gasteiger partial charge in [-0.15, -0.1) is 0 Å². The Labute approximate surface area is 88.2 Å². The number of hydrogen-bond donors (Lipinski definition) is 2. The standard InChI is InChI=1S/C10H15N3O2/c1-15-10(14)9(13-7-2-3-7)4-8-5-11-6-12-8/h5-7,9,13H,2-4H2,1H3,(H,11,12)/t9-/m0/s1. The second kappa shape index (κ2) is 4.44. The number of ether oxygens (including phenoxy) is 1. The molecule has 0 unspecified atom stereocenters. The van der Waals surface area contributed by atoms with Crippen LogP contribution in [0.3, 0.4) is 0 Å². The lowest BCUT2D eigenvalue weighted by Gasteiger charge is -2.14. The molecular weight excluding hydrogens is 194 g/mol. The van der Waals surface area contributed by atoms with E-state index >= 15 is 0 Å². The van der Waals surface area contributed by atoms with Crippen molar-refractivity contribution in [1.29, 1.82) is 0 Å². The topological polar surface area (TPSA) is 67.0 Å². The van der Waals surface area contributed by atoms with Crippen molar-refractivity contribution in [3.8, 4) is 0 Å². The normalized spacial score (nSPS) is 17.4. The van der Waals surface area contributed by atoms with Crippen molar-refractivity contribution < 1.29 is 9.53 Å². The Hall–Kier alpha value is -1.36. The lowest BCUT2D eigenvalue weighted by molar-refractivity contribution is -0.143. The summed E-state index contributed by atoms with van der Waals surface area (Å²) in [7, 11) is 1.41. The van der Waals surface area contributed by atoms with Crippen LogP contribution in [0.5, 0.6) is 0 Å². The van der Waals surface area contributed by atoms with Crippen LogP contribution in [0.25, 0.3) is 0 Å². The molecule has 0 aromatic carbocycles. The summed E-state index contributed by atoms with van der Waals surface area (Å²) in [5.41, 5.74) is 0.943. The predicted octanol–water partition coefficient (Wildman–Crippen LogP) is 0.246. The van der Waals surface area contributed by atoms with Crippen LogP contribution in [0.1, 0.15) is 18.5 Å². The van der Waals surface area contributed by atoms with Gasteiger partial charge in [-0.2, -0.15) is 0 Å². The first kappa shape index (κ1) is 10.2. The Morgan fingerprint density at radius 1 is 1.80 bits per heavy atom. The molecule has 5 heteroatoms. The number of methoxy groups -OCH3 is 1. The number of carbonyl (C=O) groups excluding carboxylic acids is 1. The van der Waals surface area contributed by atoms with Gasteiger partial charge in [-0.3, -0.25) is 4.79 Å². The third-order valence-electron chi connectivity index (χ3n) is 2.48. The van der Waals surface area contributed by atoms with E-state index in [1.807, 2.05) is 0 Å². The smallest absolute Gasteiger partial charge is 0.323 e. The maximum absolute atomic E-state index is 11.5. The zero-order valence-corrected chi connectivity index (χ0v) is 8.69. The van der Waals surface area contributed by atoms with E-state index in [-0.39, 0.29) is 12.0 Å². The van der Waals surface area contributed by atoms with Gasteiger partial charge in [-0.1, -0.05) is 0 Å². The van der Waals surface area contributed by atoms with Gasteiger partial charge in [0.1, 0.15) is 6.04 Å². The van der Waals surface area contributed by atoms with Gasteiger partial charge in [0, 0.05) is 24.4 Å². The number of rotatable bonds is 5. The van der Waals surface area contributed by atoms with E-state index in [0.29, 0.717) is 12.5 Å². The van der Waals surface area contributed by atoms with Gasteiger partial charge in [0.15, 0.2) is 0 Å². The van der Waals surface area contributed by atoms with Crippen molar-refractivity contribution in [1.82, 2.24) is 15.3 Å². The second-order valence-corrected chi connectivity index (χ2v) is 3.80. The van der Waals surface area contributed by atoms with Crippen LogP contribution in [0.15, 0.2) is 12.5 Å². The highest BCUT2D eigenvalue weighted by Crippen LogP contribution is 2.20. The van der Waals surface area contributed by atoms with Crippen LogP contribution < -0.4 is 5.32 Å². The first-order valence-electron chi connectivity index (χ1n) is 5.10. The molecule has 1 aromatic heterocycles. The van der Waals surface area contributed by atoms with E-state index in [2.05, 4.69) is 15.3 Å². The molecular formula is C10H15N3O2. The second-order valence-electron chi connectivity index (χ2n) is 3.80. The molecule has 0 radical (unpaired) electrons. The third-order valence-corrected chi connectivity index (χ3v) is 2.48. The monoisotopic (exact) mass is 209 g/mol. The lowest BCUT2D eigenvalue weighted by atomic mass is 10.1. The van der Waals surface area contributed by atoms with Gasteiger partial charge in [0.05, 0.1) is 13.4 Å². The zero-order valence-electron chi connectivity index (χ0n) is 8.69. The summed E-state index contributed by atoms with van der Waals surface area (Å²) in [6.07, 6.45) is 6.24. The molecule has 1 atom stereocenters. The summed E-state index contributed by atoms with van der Waals surface area (Å²) in [6.45, 7) is 0. The van der Waals surface area contributed by atoms with Gasteiger partial charge >= 0.3 is 5.97 Å². The number of carbonyl (C=O) groups is 1. The maximum atomic E-state index is 11.5. The number of imidazole rings is 1. The van der Waals surface area contributed by atoms with Gasteiger partial charge in [0.2, 0.25) is 0 Å². The summed E-state index contributed by atoms with van der Waals surface area (Å²) < 4.78 is 4.75. The molecule has 2 rings (SSSR count). The Morgan fingerprint density at radius 3 is 3.13 bits per heavy atom. The van der Waals surface area contributed by atoms with Crippen molar-refractivity contribution >= 4 is 5.97 Å². The van der Waals surface area contributed by atoms with Crippen LogP contribution >= 0.6 is 0 Å². The molecule has 1 aliphatic rings. The van der Waals surface area contributed by atoms with E-state index in [4.69, 9.17) is 4.74 Å². The fraction of sp³-hybridized carbons (Fsp3) is 0.600. The minimum absolute atomic E-state index is 0.212. The minimum Gasteiger partial charge on any atom is -0.468 e. The Bertz CT molecular complexity index is 319. The molecule has 82 valence electrons. The highest BCUT2D eigenvalue weighted by atomic mass is 16.5. The molecule has 1 aromatic rings.